The van der Waals surface area contributed by atoms with E-state index >= 15 is 0 Å². The molecule has 7 nitrogen and oxygen atoms in total. The summed E-state index contributed by atoms with van der Waals surface area (Å²) >= 11 is 0. The first-order chi connectivity index (χ1) is 16.1. The monoisotopic (exact) mass is 489 g/mol. The molecule has 1 aliphatic heterocycles. The summed E-state index contributed by atoms with van der Waals surface area (Å²) in [4.78, 5) is 30.8. The maximum Gasteiger partial charge on any atom is 0.501 e. The van der Waals surface area contributed by atoms with E-state index < -0.39 is 32.2 Å². The minimum Gasteiger partial charge on any atom is -0.310 e. The minimum atomic E-state index is -5.53. The second-order valence-corrected chi connectivity index (χ2v) is 9.56. The fourth-order valence-electron chi connectivity index (χ4n) is 3.63. The van der Waals surface area contributed by atoms with Crippen molar-refractivity contribution in [1.29, 1.82) is 0 Å². The van der Waals surface area contributed by atoms with E-state index in [1.807, 2.05) is 30.3 Å². The number of halogens is 3. The Balaban J connectivity index is 1.53. The molecule has 0 radical (unpaired) electrons. The Morgan fingerprint density at radius 3 is 2.24 bits per heavy atom. The molecular formula is C23H18F3N3O4S. The number of anilines is 1. The van der Waals surface area contributed by atoms with Gasteiger partial charge < -0.3 is 4.90 Å². The van der Waals surface area contributed by atoms with E-state index in [4.69, 9.17) is 0 Å². The van der Waals surface area contributed by atoms with Gasteiger partial charge in [-0.25, -0.2) is 18.1 Å². The molecule has 176 valence electrons. The van der Waals surface area contributed by atoms with Crippen LogP contribution in [0.4, 0.5) is 23.7 Å². The van der Waals surface area contributed by atoms with Crippen molar-refractivity contribution in [2.24, 2.45) is 0 Å². The van der Waals surface area contributed by atoms with Crippen molar-refractivity contribution in [1.82, 2.24) is 9.88 Å². The zero-order valence-electron chi connectivity index (χ0n) is 17.6. The quantitative estimate of drug-likeness (QED) is 0.490. The van der Waals surface area contributed by atoms with Gasteiger partial charge in [0.25, 0.3) is 15.7 Å². The van der Waals surface area contributed by atoms with Crippen molar-refractivity contribution < 1.29 is 31.2 Å². The average Bonchev–Trinajstić information content (AvgIpc) is 3.08. The number of amides is 3. The molecule has 0 unspecified atom stereocenters. The van der Waals surface area contributed by atoms with Crippen LogP contribution in [0.5, 0.6) is 0 Å². The first kappa shape index (κ1) is 23.4. The van der Waals surface area contributed by atoms with E-state index in [2.05, 4.69) is 4.98 Å². The maximum atomic E-state index is 12.9. The van der Waals surface area contributed by atoms with Gasteiger partial charge in [-0.15, -0.1) is 0 Å². The molecule has 2 heterocycles. The molecular weight excluding hydrogens is 471 g/mol. The predicted molar refractivity (Wildman–Crippen MR) is 116 cm³/mol. The lowest BCUT2D eigenvalue weighted by Gasteiger charge is -2.19. The molecule has 3 amide bonds. The molecule has 4 rings (SSSR count). The third kappa shape index (κ3) is 4.51. The number of nitrogens with zero attached hydrogens (tertiary/aromatic N) is 3. The Kier molecular flexibility index (Phi) is 6.13. The number of imide groups is 1. The highest BCUT2D eigenvalue weighted by molar-refractivity contribution is 7.92. The third-order valence-corrected chi connectivity index (χ3v) is 6.85. The fourth-order valence-corrected chi connectivity index (χ4v) is 4.39. The number of hydrogen-bond donors (Lipinski definition) is 0. The van der Waals surface area contributed by atoms with Crippen LogP contribution in [0.2, 0.25) is 0 Å². The summed E-state index contributed by atoms with van der Waals surface area (Å²) < 4.78 is 61.4. The van der Waals surface area contributed by atoms with Crippen LogP contribution in [0.25, 0.3) is 0 Å². The van der Waals surface area contributed by atoms with Crippen LogP contribution in [0.1, 0.15) is 16.7 Å². The molecule has 1 fully saturated rings. The normalized spacial score (nSPS) is 14.7. The van der Waals surface area contributed by atoms with Gasteiger partial charge in [0.1, 0.15) is 6.54 Å². The van der Waals surface area contributed by atoms with Gasteiger partial charge in [0.05, 0.1) is 10.6 Å². The largest absolute Gasteiger partial charge is 0.501 e. The molecule has 1 aromatic heterocycles. The number of aromatic nitrogens is 1. The number of benzene rings is 2. The predicted octanol–water partition coefficient (Wildman–Crippen LogP) is 3.93. The Hall–Kier alpha value is -3.73. The van der Waals surface area contributed by atoms with Gasteiger partial charge in [0.15, 0.2) is 0 Å². The van der Waals surface area contributed by atoms with E-state index in [0.29, 0.717) is 6.42 Å². The van der Waals surface area contributed by atoms with E-state index in [1.54, 1.807) is 18.5 Å². The Bertz CT molecular complexity index is 1330. The van der Waals surface area contributed by atoms with E-state index in [1.165, 1.54) is 4.90 Å². The summed E-state index contributed by atoms with van der Waals surface area (Å²) in [6.07, 6.45) is 3.87. The Morgan fingerprint density at radius 1 is 0.912 bits per heavy atom. The van der Waals surface area contributed by atoms with Crippen molar-refractivity contribution in [2.45, 2.75) is 23.4 Å². The Morgan fingerprint density at radius 2 is 1.59 bits per heavy atom. The second-order valence-electron chi connectivity index (χ2n) is 7.62. The highest BCUT2D eigenvalue weighted by Crippen LogP contribution is 2.32. The number of carbonyl (C=O) groups excluding carboxylic acids is 2. The number of carbonyl (C=O) groups is 2. The molecule has 11 heteroatoms. The molecule has 0 N–H and O–H groups in total. The zero-order valence-corrected chi connectivity index (χ0v) is 18.4. The second kappa shape index (κ2) is 8.90. The van der Waals surface area contributed by atoms with Crippen LogP contribution in [0, 0.1) is 0 Å². The number of alkyl halides is 3. The maximum absolute atomic E-state index is 12.9. The van der Waals surface area contributed by atoms with E-state index in [-0.39, 0.29) is 18.8 Å². The van der Waals surface area contributed by atoms with Gasteiger partial charge in [0.2, 0.25) is 0 Å². The minimum absolute atomic E-state index is 0.0159. The van der Waals surface area contributed by atoms with Crippen molar-refractivity contribution in [3.63, 3.8) is 0 Å². The summed E-state index contributed by atoms with van der Waals surface area (Å²) in [5.74, 6) is -0.574. The molecule has 1 saturated heterocycles. The number of sulfone groups is 1. The molecule has 0 saturated carbocycles. The first-order valence-corrected chi connectivity index (χ1v) is 11.6. The molecule has 3 aromatic rings. The topological polar surface area (TPSA) is 87.7 Å². The number of rotatable bonds is 6. The summed E-state index contributed by atoms with van der Waals surface area (Å²) in [6.45, 7) is -0.0964. The molecule has 0 atom stereocenters. The summed E-state index contributed by atoms with van der Waals surface area (Å²) in [6, 6.07) is 14.2. The fraction of sp³-hybridized carbons (Fsp3) is 0.174. The van der Waals surface area contributed by atoms with Crippen LogP contribution in [0.15, 0.2) is 78.0 Å². The Labute approximate surface area is 193 Å². The van der Waals surface area contributed by atoms with Gasteiger partial charge in [-0.3, -0.25) is 9.78 Å². The summed E-state index contributed by atoms with van der Waals surface area (Å²) in [5.41, 5.74) is -2.73. The van der Waals surface area contributed by atoms with Crippen LogP contribution < -0.4 is 4.90 Å². The van der Waals surface area contributed by atoms with Crippen LogP contribution >= 0.6 is 0 Å². The lowest BCUT2D eigenvalue weighted by Crippen LogP contribution is -2.33. The van der Waals surface area contributed by atoms with Crippen molar-refractivity contribution >= 4 is 27.5 Å². The lowest BCUT2D eigenvalue weighted by atomic mass is 10.0. The molecule has 2 aromatic carbocycles. The van der Waals surface area contributed by atoms with Crippen molar-refractivity contribution in [3.05, 3.63) is 89.7 Å². The highest BCUT2D eigenvalue weighted by Gasteiger charge is 2.47. The molecule has 0 aliphatic carbocycles. The number of hydrogen-bond acceptors (Lipinski definition) is 5. The van der Waals surface area contributed by atoms with E-state index in [9.17, 15) is 31.2 Å². The molecule has 34 heavy (non-hydrogen) atoms. The summed E-state index contributed by atoms with van der Waals surface area (Å²) in [5, 5.41) is 0. The average molecular weight is 489 g/mol. The highest BCUT2D eigenvalue weighted by atomic mass is 32.2. The number of pyridine rings is 1. The first-order valence-electron chi connectivity index (χ1n) is 10.1. The number of urea groups is 1. The van der Waals surface area contributed by atoms with Gasteiger partial charge in [-0.1, -0.05) is 30.3 Å². The van der Waals surface area contributed by atoms with Gasteiger partial charge in [-0.05, 0) is 53.4 Å². The smallest absolute Gasteiger partial charge is 0.310 e. The van der Waals surface area contributed by atoms with Crippen LogP contribution in [-0.4, -0.2) is 42.3 Å². The van der Waals surface area contributed by atoms with Gasteiger partial charge in [0, 0.05) is 18.9 Å². The molecule has 1 aliphatic rings. The molecule has 0 spiro atoms. The third-order valence-electron chi connectivity index (χ3n) is 5.35. The SMILES string of the molecule is O=C1CN(Cc2ccncc2Cc2ccccc2)C(=O)N1c1ccc(S(=O)(=O)C(F)(F)F)cc1. The van der Waals surface area contributed by atoms with Crippen LogP contribution in [-0.2, 0) is 27.6 Å². The van der Waals surface area contributed by atoms with E-state index in [0.717, 1.165) is 45.9 Å². The van der Waals surface area contributed by atoms with Crippen molar-refractivity contribution in [3.8, 4) is 0 Å². The van der Waals surface area contributed by atoms with Gasteiger partial charge >= 0.3 is 11.5 Å². The van der Waals surface area contributed by atoms with Crippen LogP contribution in [0.3, 0.4) is 0 Å². The summed E-state index contributed by atoms with van der Waals surface area (Å²) in [7, 11) is -5.53. The van der Waals surface area contributed by atoms with Crippen molar-refractivity contribution in [2.75, 3.05) is 11.4 Å². The lowest BCUT2D eigenvalue weighted by molar-refractivity contribution is -0.116. The standard InChI is InChI=1S/C23H18F3N3O4S/c24-23(25,26)34(32,33)20-8-6-19(7-9-20)29-21(30)15-28(22(29)31)14-17-10-11-27-13-18(17)12-16-4-2-1-3-5-16/h1-11,13H,12,14-15H2. The zero-order chi connectivity index (χ0) is 24.5. The molecule has 0 bridgehead atoms. The van der Waals surface area contributed by atoms with Gasteiger partial charge in [-0.2, -0.15) is 13.2 Å².